The predicted octanol–water partition coefficient (Wildman–Crippen LogP) is 4.95. The van der Waals surface area contributed by atoms with Crippen molar-refractivity contribution in [1.82, 2.24) is 4.98 Å². The Morgan fingerprint density at radius 3 is 2.26 bits per heavy atom. The van der Waals surface area contributed by atoms with E-state index < -0.39 is 0 Å². The van der Waals surface area contributed by atoms with Crippen LogP contribution in [0.5, 0.6) is 11.6 Å². The van der Waals surface area contributed by atoms with Gasteiger partial charge in [-0.15, -0.1) is 0 Å². The van der Waals surface area contributed by atoms with Gasteiger partial charge >= 0.3 is 0 Å². The first-order chi connectivity index (χ1) is 9.01. The molecule has 1 aromatic carbocycles. The van der Waals surface area contributed by atoms with Crippen LogP contribution in [0.2, 0.25) is 20.1 Å². The first-order valence-electron chi connectivity index (χ1n) is 5.18. The van der Waals surface area contributed by atoms with Crippen molar-refractivity contribution in [2.75, 3.05) is 0 Å². The zero-order chi connectivity index (χ0) is 14.0. The molecule has 1 heterocycles. The smallest absolute Gasteiger partial charge is 0.238 e. The lowest BCUT2D eigenvalue weighted by atomic mass is 10.3. The topological polar surface area (TPSA) is 48.1 Å². The maximum Gasteiger partial charge on any atom is 0.238 e. The molecule has 0 fully saturated rings. The molecular formula is C12H8Cl4N2O. The molecule has 0 atom stereocenters. The van der Waals surface area contributed by atoms with Crippen molar-refractivity contribution in [3.63, 3.8) is 0 Å². The van der Waals surface area contributed by atoms with Gasteiger partial charge in [0, 0.05) is 18.8 Å². The van der Waals surface area contributed by atoms with Crippen LogP contribution in [-0.2, 0) is 6.54 Å². The maximum absolute atomic E-state index is 6.04. The van der Waals surface area contributed by atoms with E-state index in [2.05, 4.69) is 4.98 Å². The number of hydrogen-bond donors (Lipinski definition) is 1. The number of rotatable bonds is 3. The average molecular weight is 338 g/mol. The van der Waals surface area contributed by atoms with Gasteiger partial charge in [0.2, 0.25) is 5.88 Å². The zero-order valence-electron chi connectivity index (χ0n) is 9.46. The monoisotopic (exact) mass is 336 g/mol. The van der Waals surface area contributed by atoms with Gasteiger partial charge in [0.1, 0.15) is 10.8 Å². The Labute approximate surface area is 130 Å². The summed E-state index contributed by atoms with van der Waals surface area (Å²) in [5.74, 6) is 0.546. The van der Waals surface area contributed by atoms with Crippen molar-refractivity contribution >= 4 is 46.4 Å². The van der Waals surface area contributed by atoms with Gasteiger partial charge in [-0.1, -0.05) is 46.4 Å². The summed E-state index contributed by atoms with van der Waals surface area (Å²) >= 11 is 23.8. The highest BCUT2D eigenvalue weighted by Crippen LogP contribution is 2.37. The molecular weight excluding hydrogens is 330 g/mol. The van der Waals surface area contributed by atoms with Crippen LogP contribution < -0.4 is 10.5 Å². The van der Waals surface area contributed by atoms with Crippen molar-refractivity contribution in [3.8, 4) is 11.6 Å². The molecule has 0 amide bonds. The summed E-state index contributed by atoms with van der Waals surface area (Å²) in [6, 6.07) is 4.67. The number of benzene rings is 1. The van der Waals surface area contributed by atoms with Gasteiger partial charge < -0.3 is 10.5 Å². The normalized spacial score (nSPS) is 10.6. The van der Waals surface area contributed by atoms with Gasteiger partial charge in [-0.3, -0.25) is 0 Å². The summed E-state index contributed by atoms with van der Waals surface area (Å²) in [5, 5.41) is 1.33. The molecule has 0 aliphatic carbocycles. The van der Waals surface area contributed by atoms with Crippen LogP contribution in [-0.4, -0.2) is 4.98 Å². The minimum absolute atomic E-state index is 0.221. The fourth-order valence-corrected chi connectivity index (χ4v) is 2.14. The highest BCUT2D eigenvalue weighted by atomic mass is 35.5. The number of nitrogens with two attached hydrogens (primary N) is 1. The number of pyridine rings is 1. The molecule has 19 heavy (non-hydrogen) atoms. The van der Waals surface area contributed by atoms with Gasteiger partial charge in [0.05, 0.1) is 15.1 Å². The van der Waals surface area contributed by atoms with Crippen LogP contribution in [0.4, 0.5) is 0 Å². The fourth-order valence-electron chi connectivity index (χ4n) is 1.34. The Morgan fingerprint density at radius 1 is 0.947 bits per heavy atom. The Balaban J connectivity index is 2.33. The summed E-state index contributed by atoms with van der Waals surface area (Å²) in [6.07, 6.45) is 1.58. The minimum Gasteiger partial charge on any atom is -0.436 e. The zero-order valence-corrected chi connectivity index (χ0v) is 12.5. The molecule has 2 aromatic rings. The van der Waals surface area contributed by atoms with E-state index in [-0.39, 0.29) is 5.88 Å². The van der Waals surface area contributed by atoms with Gasteiger partial charge in [0.15, 0.2) is 0 Å². The van der Waals surface area contributed by atoms with E-state index in [0.717, 1.165) is 5.56 Å². The Bertz CT molecular complexity index is 619. The van der Waals surface area contributed by atoms with Gasteiger partial charge in [-0.2, -0.15) is 0 Å². The van der Waals surface area contributed by atoms with E-state index >= 15 is 0 Å². The van der Waals surface area contributed by atoms with Crippen LogP contribution in [0.15, 0.2) is 24.4 Å². The summed E-state index contributed by atoms with van der Waals surface area (Å²) in [7, 11) is 0. The number of hydrogen-bond acceptors (Lipinski definition) is 3. The van der Waals surface area contributed by atoms with Crippen LogP contribution in [0.3, 0.4) is 0 Å². The molecule has 100 valence electrons. The second-order valence-electron chi connectivity index (χ2n) is 3.63. The second kappa shape index (κ2) is 6.16. The summed E-state index contributed by atoms with van der Waals surface area (Å²) in [4.78, 5) is 4.07. The third-order valence-corrected chi connectivity index (χ3v) is 3.57. The molecule has 0 spiro atoms. The van der Waals surface area contributed by atoms with E-state index in [0.29, 0.717) is 32.4 Å². The molecule has 2 rings (SSSR count). The van der Waals surface area contributed by atoms with E-state index in [9.17, 15) is 0 Å². The lowest BCUT2D eigenvalue weighted by molar-refractivity contribution is 0.463. The first kappa shape index (κ1) is 14.7. The average Bonchev–Trinajstić information content (AvgIpc) is 2.38. The van der Waals surface area contributed by atoms with Crippen molar-refractivity contribution in [1.29, 1.82) is 0 Å². The third kappa shape index (κ3) is 3.44. The molecule has 0 bridgehead atoms. The van der Waals surface area contributed by atoms with Crippen LogP contribution in [0.25, 0.3) is 0 Å². The standard InChI is InChI=1S/C12H8Cl4N2O/c13-7-2-9(15)11(3-8(7)14)19-12-10(16)1-6(4-17)5-18-12/h1-3,5H,4,17H2. The van der Waals surface area contributed by atoms with Crippen molar-refractivity contribution in [2.45, 2.75) is 6.54 Å². The first-order valence-corrected chi connectivity index (χ1v) is 6.69. The quantitative estimate of drug-likeness (QED) is 0.806. The summed E-state index contributed by atoms with van der Waals surface area (Å²) < 4.78 is 5.52. The fraction of sp³-hybridized carbons (Fsp3) is 0.0833. The summed E-state index contributed by atoms with van der Waals surface area (Å²) in [6.45, 7) is 0.348. The Hall–Kier alpha value is -0.710. The maximum atomic E-state index is 6.04. The van der Waals surface area contributed by atoms with E-state index in [4.69, 9.17) is 56.9 Å². The molecule has 0 unspecified atom stereocenters. The minimum atomic E-state index is 0.221. The molecule has 0 radical (unpaired) electrons. The molecule has 7 heteroatoms. The second-order valence-corrected chi connectivity index (χ2v) is 5.26. The van der Waals surface area contributed by atoms with Crippen molar-refractivity contribution in [2.24, 2.45) is 5.73 Å². The molecule has 0 aliphatic rings. The van der Waals surface area contributed by atoms with Crippen LogP contribution in [0, 0.1) is 0 Å². The lowest BCUT2D eigenvalue weighted by Gasteiger charge is -2.10. The highest BCUT2D eigenvalue weighted by molar-refractivity contribution is 6.43. The number of ether oxygens (including phenoxy) is 1. The van der Waals surface area contributed by atoms with Crippen molar-refractivity contribution in [3.05, 3.63) is 50.0 Å². The predicted molar refractivity (Wildman–Crippen MR) is 78.7 cm³/mol. The highest BCUT2D eigenvalue weighted by Gasteiger charge is 2.11. The van der Waals surface area contributed by atoms with E-state index in [1.165, 1.54) is 12.1 Å². The number of aromatic nitrogens is 1. The molecule has 3 nitrogen and oxygen atoms in total. The Kier molecular flexibility index (Phi) is 4.76. The Morgan fingerprint density at radius 2 is 1.63 bits per heavy atom. The van der Waals surface area contributed by atoms with E-state index in [1.54, 1.807) is 12.3 Å². The number of nitrogens with zero attached hydrogens (tertiary/aromatic N) is 1. The van der Waals surface area contributed by atoms with Gasteiger partial charge in [-0.25, -0.2) is 4.98 Å². The molecule has 0 saturated heterocycles. The summed E-state index contributed by atoms with van der Waals surface area (Å²) in [5.41, 5.74) is 6.29. The third-order valence-electron chi connectivity index (χ3n) is 2.28. The van der Waals surface area contributed by atoms with Crippen LogP contribution in [0.1, 0.15) is 5.56 Å². The van der Waals surface area contributed by atoms with Gasteiger partial charge in [-0.05, 0) is 17.7 Å². The SMILES string of the molecule is NCc1cnc(Oc2cc(Cl)c(Cl)cc2Cl)c(Cl)c1. The number of halogens is 4. The largest absolute Gasteiger partial charge is 0.436 e. The molecule has 0 aliphatic heterocycles. The van der Waals surface area contributed by atoms with Crippen LogP contribution >= 0.6 is 46.4 Å². The lowest BCUT2D eigenvalue weighted by Crippen LogP contribution is -1.98. The molecule has 2 N–H and O–H groups in total. The van der Waals surface area contributed by atoms with Gasteiger partial charge in [0.25, 0.3) is 0 Å². The van der Waals surface area contributed by atoms with Crippen molar-refractivity contribution < 1.29 is 4.74 Å². The van der Waals surface area contributed by atoms with E-state index in [1.807, 2.05) is 0 Å². The molecule has 0 saturated carbocycles. The molecule has 1 aromatic heterocycles.